The van der Waals surface area contributed by atoms with Crippen molar-refractivity contribution in [1.82, 2.24) is 9.55 Å². The fourth-order valence-corrected chi connectivity index (χ4v) is 7.19. The molecule has 6 N–H and O–H groups in total. The molecule has 2 saturated carbocycles. The van der Waals surface area contributed by atoms with Crippen LogP contribution in [0.25, 0.3) is 6.08 Å². The fraction of sp³-hybridized carbons (Fsp3) is 0.429. The number of aromatic amines is 1. The number of nitrogens with one attached hydrogen (secondary N) is 1. The zero-order valence-electron chi connectivity index (χ0n) is 21.3. The maximum absolute atomic E-state index is 12.8. The highest BCUT2D eigenvalue weighted by molar-refractivity contribution is 7.71. The van der Waals surface area contributed by atoms with Gasteiger partial charge in [0, 0.05) is 17.7 Å². The lowest BCUT2D eigenvalue weighted by atomic mass is 9.57. The molecule has 2 fully saturated rings. The van der Waals surface area contributed by atoms with Gasteiger partial charge in [0.2, 0.25) is 5.88 Å². The number of benzene rings is 1. The fourth-order valence-electron chi connectivity index (χ4n) is 6.94. The molecule has 3 aliphatic rings. The number of amidine groups is 1. The number of aromatic nitrogens is 2. The lowest BCUT2D eigenvalue weighted by molar-refractivity contribution is 0.00261. The Labute approximate surface area is 221 Å². The standard InChI is InChI=1S/C28H34N6O2S/c1-16-9-18-10-17(2)13-28(12-16,14-18)15-34-26(36)22(25(35)32-27(34)37)11-21-7-8-23(31-21)19-3-5-20(6-4-19)24(29)33-30/h3-8,11,16-18,36H,9-10,12-15,30H2,1-2H3,(H2,29,33)(H,32,35,37). The third-order valence-electron chi connectivity index (χ3n) is 8.03. The van der Waals surface area contributed by atoms with Crippen molar-refractivity contribution in [3.63, 3.8) is 0 Å². The van der Waals surface area contributed by atoms with Gasteiger partial charge >= 0.3 is 0 Å². The maximum Gasteiger partial charge on any atom is 0.262 e. The first-order valence-electron chi connectivity index (χ1n) is 12.8. The molecule has 37 heavy (non-hydrogen) atoms. The van der Waals surface area contributed by atoms with Crippen molar-refractivity contribution < 1.29 is 5.11 Å². The molecule has 0 saturated heterocycles. The van der Waals surface area contributed by atoms with Crippen LogP contribution in [0.1, 0.15) is 62.6 Å². The van der Waals surface area contributed by atoms with Gasteiger partial charge in [-0.1, -0.05) is 38.1 Å². The minimum atomic E-state index is -0.423. The van der Waals surface area contributed by atoms with Crippen molar-refractivity contribution in [3.05, 3.63) is 73.9 Å². The minimum absolute atomic E-state index is 0.0844. The normalized spacial score (nSPS) is 28.5. The zero-order chi connectivity index (χ0) is 26.3. The van der Waals surface area contributed by atoms with Crippen molar-refractivity contribution >= 4 is 29.8 Å². The number of H-pyrrole nitrogens is 1. The molecule has 0 amide bonds. The number of nitrogens with two attached hydrogens (primary N) is 2. The summed E-state index contributed by atoms with van der Waals surface area (Å²) in [5.41, 5.74) is 8.51. The smallest absolute Gasteiger partial charge is 0.262 e. The van der Waals surface area contributed by atoms with Crippen LogP contribution in [0.2, 0.25) is 0 Å². The summed E-state index contributed by atoms with van der Waals surface area (Å²) in [6.45, 7) is 5.27. The van der Waals surface area contributed by atoms with Gasteiger partial charge in [0.1, 0.15) is 11.4 Å². The molecular weight excluding hydrogens is 484 g/mol. The molecule has 0 radical (unpaired) electrons. The monoisotopic (exact) mass is 518 g/mol. The van der Waals surface area contributed by atoms with Crippen LogP contribution >= 0.6 is 12.2 Å². The topological polar surface area (TPSA) is 135 Å². The van der Waals surface area contributed by atoms with Crippen LogP contribution in [0.3, 0.4) is 0 Å². The summed E-state index contributed by atoms with van der Waals surface area (Å²) in [5, 5.41) is 14.8. The van der Waals surface area contributed by atoms with Gasteiger partial charge in [-0.15, -0.1) is 0 Å². The lowest BCUT2D eigenvalue weighted by Crippen LogP contribution is -2.42. The predicted molar refractivity (Wildman–Crippen MR) is 150 cm³/mol. The number of nitrogens with zero attached hydrogens (tertiary/aromatic N) is 3. The lowest BCUT2D eigenvalue weighted by Gasteiger charge is -2.50. The predicted octanol–water partition coefficient (Wildman–Crippen LogP) is 4.44. The second kappa shape index (κ2) is 9.78. The van der Waals surface area contributed by atoms with E-state index in [9.17, 15) is 9.90 Å². The van der Waals surface area contributed by atoms with Crippen molar-refractivity contribution in [2.75, 3.05) is 0 Å². The molecule has 2 bridgehead atoms. The first-order chi connectivity index (χ1) is 17.7. The van der Waals surface area contributed by atoms with Crippen LogP contribution in [0.4, 0.5) is 0 Å². The Kier molecular flexibility index (Phi) is 6.66. The molecule has 8 nitrogen and oxygen atoms in total. The Balaban J connectivity index is 1.45. The Bertz CT molecular complexity index is 1430. The average molecular weight is 519 g/mol. The number of rotatable bonds is 5. The molecule has 2 heterocycles. The molecule has 1 aliphatic heterocycles. The van der Waals surface area contributed by atoms with Gasteiger partial charge in [0.05, 0.1) is 11.4 Å². The van der Waals surface area contributed by atoms with Crippen LogP contribution in [0.5, 0.6) is 5.88 Å². The Morgan fingerprint density at radius 2 is 1.89 bits per heavy atom. The Morgan fingerprint density at radius 3 is 2.54 bits per heavy atom. The number of aromatic hydroxyl groups is 1. The van der Waals surface area contributed by atoms with E-state index in [1.165, 1.54) is 12.8 Å². The summed E-state index contributed by atoms with van der Waals surface area (Å²) < 4.78 is 1.99. The van der Waals surface area contributed by atoms with Crippen LogP contribution in [-0.4, -0.2) is 26.2 Å². The number of hydrazone groups is 1. The van der Waals surface area contributed by atoms with Crippen molar-refractivity contribution in [2.45, 2.75) is 52.5 Å². The molecule has 9 heteroatoms. The molecule has 194 valence electrons. The van der Waals surface area contributed by atoms with E-state index in [1.807, 2.05) is 36.4 Å². The van der Waals surface area contributed by atoms with E-state index in [0.717, 1.165) is 42.0 Å². The van der Waals surface area contributed by atoms with Gasteiger partial charge < -0.3 is 16.7 Å². The first-order valence-corrected chi connectivity index (χ1v) is 13.3. The molecule has 2 aliphatic carbocycles. The second-order valence-corrected chi connectivity index (χ2v) is 11.6. The summed E-state index contributed by atoms with van der Waals surface area (Å²) in [4.78, 5) is 20.3. The summed E-state index contributed by atoms with van der Waals surface area (Å²) in [6, 6.07) is 7.41. The molecule has 0 spiro atoms. The van der Waals surface area contributed by atoms with Crippen LogP contribution in [-0.2, 0) is 6.54 Å². The van der Waals surface area contributed by atoms with Gasteiger partial charge in [-0.25, -0.2) is 4.99 Å². The highest BCUT2D eigenvalue weighted by Crippen LogP contribution is 2.53. The summed E-state index contributed by atoms with van der Waals surface area (Å²) in [7, 11) is 0. The van der Waals surface area contributed by atoms with E-state index in [2.05, 4.69) is 28.9 Å². The quantitative estimate of drug-likeness (QED) is 0.153. The summed E-state index contributed by atoms with van der Waals surface area (Å²) >= 11 is 5.52. The van der Waals surface area contributed by atoms with Gasteiger partial charge in [0.25, 0.3) is 5.56 Å². The van der Waals surface area contributed by atoms with E-state index < -0.39 is 5.56 Å². The van der Waals surface area contributed by atoms with Crippen molar-refractivity contribution in [3.8, 4) is 5.88 Å². The summed E-state index contributed by atoms with van der Waals surface area (Å²) in [6.07, 6.45) is 11.2. The first kappa shape index (κ1) is 25.2. The van der Waals surface area contributed by atoms with Crippen molar-refractivity contribution in [2.24, 2.45) is 44.8 Å². The molecule has 2 unspecified atom stereocenters. The zero-order valence-corrected chi connectivity index (χ0v) is 22.1. The SMILES string of the molecule is CC1CC2CC(C)CC(Cn3c(O)c(C=C4C=CC(c5ccc(C(N)=NN)cc5)=N4)c(=O)[nH]c3=S)(C1)C2. The molecule has 5 rings (SSSR count). The third kappa shape index (κ3) is 5.05. The number of fused-ring (bicyclic) bond motifs is 2. The molecule has 1 aromatic carbocycles. The third-order valence-corrected chi connectivity index (χ3v) is 8.35. The molecule has 2 atom stereocenters. The largest absolute Gasteiger partial charge is 0.494 e. The number of allylic oxidation sites excluding steroid dienone is 2. The maximum atomic E-state index is 12.8. The van der Waals surface area contributed by atoms with Gasteiger partial charge in [-0.2, -0.15) is 5.10 Å². The summed E-state index contributed by atoms with van der Waals surface area (Å²) in [5.74, 6) is 7.43. The second-order valence-electron chi connectivity index (χ2n) is 11.2. The van der Waals surface area contributed by atoms with E-state index in [0.29, 0.717) is 24.1 Å². The van der Waals surface area contributed by atoms with E-state index in [-0.39, 0.29) is 27.5 Å². The number of aliphatic imine (C=N–C) groups is 1. The van der Waals surface area contributed by atoms with Gasteiger partial charge in [0.15, 0.2) is 4.77 Å². The van der Waals surface area contributed by atoms with E-state index in [4.69, 9.17) is 23.8 Å². The Morgan fingerprint density at radius 1 is 1.22 bits per heavy atom. The van der Waals surface area contributed by atoms with Gasteiger partial charge in [-0.05, 0) is 85.7 Å². The van der Waals surface area contributed by atoms with Crippen LogP contribution < -0.4 is 17.1 Å². The van der Waals surface area contributed by atoms with Crippen LogP contribution in [0.15, 0.2) is 57.0 Å². The van der Waals surface area contributed by atoms with Crippen molar-refractivity contribution in [1.29, 1.82) is 0 Å². The van der Waals surface area contributed by atoms with Crippen LogP contribution in [0, 0.1) is 27.9 Å². The van der Waals surface area contributed by atoms with Gasteiger partial charge in [-0.3, -0.25) is 14.3 Å². The highest BCUT2D eigenvalue weighted by Gasteiger charge is 2.44. The minimum Gasteiger partial charge on any atom is -0.494 e. The number of hydrogen-bond donors (Lipinski definition) is 4. The average Bonchev–Trinajstić information content (AvgIpc) is 3.32. The molecule has 2 aromatic rings. The molecular formula is C28H34N6O2S. The highest BCUT2D eigenvalue weighted by atomic mass is 32.1. The van der Waals surface area contributed by atoms with E-state index >= 15 is 0 Å². The number of hydrogen-bond acceptors (Lipinski definition) is 6. The van der Waals surface area contributed by atoms with E-state index in [1.54, 1.807) is 10.6 Å². The Hall–Kier alpha value is -3.46. The molecule has 1 aromatic heterocycles.